The molecular formula is C18H21FN2. The molecule has 2 nitrogen and oxygen atoms in total. The van der Waals surface area contributed by atoms with E-state index in [1.54, 1.807) is 12.3 Å². The van der Waals surface area contributed by atoms with Crippen molar-refractivity contribution < 1.29 is 4.39 Å². The molecule has 1 atom stereocenters. The molecule has 0 saturated heterocycles. The highest BCUT2D eigenvalue weighted by Crippen LogP contribution is 2.39. The molecule has 3 heterocycles. The lowest BCUT2D eigenvalue weighted by Gasteiger charge is -2.33. The molecule has 0 fully saturated rings. The lowest BCUT2D eigenvalue weighted by atomic mass is 9.71. The Morgan fingerprint density at radius 1 is 1.24 bits per heavy atom. The van der Waals surface area contributed by atoms with Gasteiger partial charge in [0.25, 0.3) is 0 Å². The fourth-order valence-corrected chi connectivity index (χ4v) is 3.14. The Labute approximate surface area is 124 Å². The van der Waals surface area contributed by atoms with Crippen LogP contribution in [-0.4, -0.2) is 9.38 Å². The summed E-state index contributed by atoms with van der Waals surface area (Å²) in [4.78, 5) is 4.45. The molecule has 3 aromatic heterocycles. The first-order chi connectivity index (χ1) is 9.99. The quantitative estimate of drug-likeness (QED) is 0.665. The van der Waals surface area contributed by atoms with Crippen molar-refractivity contribution in [3.8, 4) is 0 Å². The minimum absolute atomic E-state index is 0.0526. The van der Waals surface area contributed by atoms with Crippen LogP contribution in [0.1, 0.15) is 39.7 Å². The van der Waals surface area contributed by atoms with Crippen molar-refractivity contribution in [3.63, 3.8) is 0 Å². The Hall–Kier alpha value is -1.90. The van der Waals surface area contributed by atoms with Crippen LogP contribution in [0.25, 0.3) is 16.4 Å². The van der Waals surface area contributed by atoms with Gasteiger partial charge in [0.2, 0.25) is 0 Å². The number of hydrogen-bond acceptors (Lipinski definition) is 1. The zero-order chi connectivity index (χ0) is 15.2. The zero-order valence-electron chi connectivity index (χ0n) is 13.0. The third-order valence-corrected chi connectivity index (χ3v) is 5.10. The van der Waals surface area contributed by atoms with Crippen LogP contribution >= 0.6 is 0 Å². The van der Waals surface area contributed by atoms with Crippen LogP contribution in [0.2, 0.25) is 0 Å². The molecule has 1 unspecified atom stereocenters. The molecule has 0 amide bonds. The fourth-order valence-electron chi connectivity index (χ4n) is 3.14. The summed E-state index contributed by atoms with van der Waals surface area (Å²) in [6, 6.07) is 5.38. The van der Waals surface area contributed by atoms with Crippen LogP contribution in [0.5, 0.6) is 0 Å². The summed E-state index contributed by atoms with van der Waals surface area (Å²) in [7, 11) is 0. The van der Waals surface area contributed by atoms with E-state index in [1.165, 1.54) is 11.6 Å². The van der Waals surface area contributed by atoms with E-state index in [2.05, 4.69) is 43.1 Å². The molecule has 0 aliphatic rings. The van der Waals surface area contributed by atoms with E-state index in [1.807, 2.05) is 12.4 Å². The Bertz CT molecular complexity index is 803. The maximum Gasteiger partial charge on any atom is 0.134 e. The van der Waals surface area contributed by atoms with Crippen LogP contribution in [0, 0.1) is 11.7 Å². The third kappa shape index (κ3) is 1.95. The SMILES string of the molecule is CCC(C)(c1ccn2ccc3c(F)ccnc3c12)C(C)C. The van der Waals surface area contributed by atoms with Gasteiger partial charge < -0.3 is 4.40 Å². The van der Waals surface area contributed by atoms with Crippen LogP contribution in [-0.2, 0) is 5.41 Å². The Morgan fingerprint density at radius 2 is 1.95 bits per heavy atom. The average Bonchev–Trinajstić information content (AvgIpc) is 2.91. The number of aromatic nitrogens is 2. The maximum absolute atomic E-state index is 14.0. The van der Waals surface area contributed by atoms with Gasteiger partial charge in [-0.2, -0.15) is 0 Å². The van der Waals surface area contributed by atoms with Gasteiger partial charge in [-0.1, -0.05) is 27.7 Å². The van der Waals surface area contributed by atoms with Gasteiger partial charge in [0.1, 0.15) is 5.82 Å². The third-order valence-electron chi connectivity index (χ3n) is 5.10. The average molecular weight is 284 g/mol. The van der Waals surface area contributed by atoms with Crippen molar-refractivity contribution in [1.29, 1.82) is 0 Å². The molecule has 0 bridgehead atoms. The van der Waals surface area contributed by atoms with E-state index in [4.69, 9.17) is 0 Å². The molecule has 0 N–H and O–H groups in total. The summed E-state index contributed by atoms with van der Waals surface area (Å²) in [6.07, 6.45) is 6.55. The predicted octanol–water partition coefficient (Wildman–Crippen LogP) is 4.95. The molecule has 0 spiro atoms. The predicted molar refractivity (Wildman–Crippen MR) is 85.1 cm³/mol. The van der Waals surface area contributed by atoms with Gasteiger partial charge in [-0.05, 0) is 41.5 Å². The number of pyridine rings is 2. The van der Waals surface area contributed by atoms with Crippen molar-refractivity contribution in [3.05, 3.63) is 48.2 Å². The highest BCUT2D eigenvalue weighted by Gasteiger charge is 2.31. The Morgan fingerprint density at radius 3 is 2.62 bits per heavy atom. The van der Waals surface area contributed by atoms with E-state index in [0.717, 1.165) is 17.5 Å². The minimum atomic E-state index is -0.211. The molecule has 21 heavy (non-hydrogen) atoms. The van der Waals surface area contributed by atoms with Gasteiger partial charge in [0.05, 0.1) is 11.0 Å². The van der Waals surface area contributed by atoms with Crippen LogP contribution in [0.3, 0.4) is 0 Å². The molecule has 3 heteroatoms. The second-order valence-electron chi connectivity index (χ2n) is 6.28. The zero-order valence-corrected chi connectivity index (χ0v) is 13.0. The van der Waals surface area contributed by atoms with E-state index >= 15 is 0 Å². The van der Waals surface area contributed by atoms with Crippen LogP contribution < -0.4 is 0 Å². The minimum Gasteiger partial charge on any atom is -0.322 e. The Balaban J connectivity index is 2.43. The van der Waals surface area contributed by atoms with Crippen molar-refractivity contribution in [2.24, 2.45) is 5.92 Å². The monoisotopic (exact) mass is 284 g/mol. The second-order valence-corrected chi connectivity index (χ2v) is 6.28. The summed E-state index contributed by atoms with van der Waals surface area (Å²) in [6.45, 7) is 8.98. The fraction of sp³-hybridized carbons (Fsp3) is 0.389. The summed E-state index contributed by atoms with van der Waals surface area (Å²) in [5.41, 5.74) is 3.09. The molecule has 0 saturated carbocycles. The summed E-state index contributed by atoms with van der Waals surface area (Å²) in [5.74, 6) is 0.287. The molecule has 3 rings (SSSR count). The second kappa shape index (κ2) is 4.83. The summed E-state index contributed by atoms with van der Waals surface area (Å²) in [5, 5.41) is 0.590. The van der Waals surface area contributed by atoms with Gasteiger partial charge in [0.15, 0.2) is 0 Å². The topological polar surface area (TPSA) is 17.3 Å². The first kappa shape index (κ1) is 14.1. The van der Waals surface area contributed by atoms with Crippen molar-refractivity contribution in [2.45, 2.75) is 39.5 Å². The van der Waals surface area contributed by atoms with Crippen LogP contribution in [0.4, 0.5) is 4.39 Å². The lowest BCUT2D eigenvalue weighted by Crippen LogP contribution is -2.27. The molecule has 0 aromatic carbocycles. The summed E-state index contributed by atoms with van der Waals surface area (Å²) >= 11 is 0. The molecule has 3 aromatic rings. The molecule has 110 valence electrons. The Kier molecular flexibility index (Phi) is 3.23. The highest BCUT2D eigenvalue weighted by molar-refractivity contribution is 5.95. The number of halogens is 1. The van der Waals surface area contributed by atoms with E-state index in [-0.39, 0.29) is 11.2 Å². The number of rotatable bonds is 3. The van der Waals surface area contributed by atoms with Crippen molar-refractivity contribution >= 4 is 16.4 Å². The standard InChI is InChI=1S/C18H21FN2/c1-5-18(4,12(2)3)14-8-11-21-10-7-13-15(19)6-9-20-16(13)17(14)21/h6-12H,5H2,1-4H3. The van der Waals surface area contributed by atoms with Gasteiger partial charge in [0, 0.05) is 24.0 Å². The van der Waals surface area contributed by atoms with Gasteiger partial charge in [-0.3, -0.25) is 4.98 Å². The van der Waals surface area contributed by atoms with Crippen molar-refractivity contribution in [1.82, 2.24) is 9.38 Å². The van der Waals surface area contributed by atoms with Gasteiger partial charge in [-0.15, -0.1) is 0 Å². The number of nitrogens with zero attached hydrogens (tertiary/aromatic N) is 2. The van der Waals surface area contributed by atoms with E-state index < -0.39 is 0 Å². The largest absolute Gasteiger partial charge is 0.322 e. The van der Waals surface area contributed by atoms with Crippen molar-refractivity contribution in [2.75, 3.05) is 0 Å². The molecular weight excluding hydrogens is 263 g/mol. The van der Waals surface area contributed by atoms with Gasteiger partial charge >= 0.3 is 0 Å². The highest BCUT2D eigenvalue weighted by atomic mass is 19.1. The first-order valence-electron chi connectivity index (χ1n) is 7.53. The van der Waals surface area contributed by atoms with E-state index in [9.17, 15) is 4.39 Å². The lowest BCUT2D eigenvalue weighted by molar-refractivity contribution is 0.329. The van der Waals surface area contributed by atoms with E-state index in [0.29, 0.717) is 11.3 Å². The van der Waals surface area contributed by atoms with Gasteiger partial charge in [-0.25, -0.2) is 4.39 Å². The number of fused-ring (bicyclic) bond motifs is 3. The smallest absolute Gasteiger partial charge is 0.134 e. The molecule has 0 radical (unpaired) electrons. The first-order valence-corrected chi connectivity index (χ1v) is 7.53. The normalized spacial score (nSPS) is 15.0. The maximum atomic E-state index is 14.0. The summed E-state index contributed by atoms with van der Waals surface area (Å²) < 4.78 is 16.1. The van der Waals surface area contributed by atoms with Crippen LogP contribution in [0.15, 0.2) is 36.8 Å². The molecule has 0 aliphatic heterocycles. The number of hydrogen-bond donors (Lipinski definition) is 0. The molecule has 0 aliphatic carbocycles.